The van der Waals surface area contributed by atoms with E-state index >= 15 is 0 Å². The van der Waals surface area contributed by atoms with E-state index in [0.29, 0.717) is 31.0 Å². The smallest absolute Gasteiger partial charge is 0.319 e. The molecule has 0 fully saturated rings. The van der Waals surface area contributed by atoms with Crippen molar-refractivity contribution in [2.75, 3.05) is 20.3 Å². The number of methoxy groups -OCH3 is 1. The Balaban J connectivity index is 2.20. The Kier molecular flexibility index (Phi) is 5.57. The Morgan fingerprint density at radius 2 is 2.27 bits per heavy atom. The monoisotopic (exact) mass is 323 g/mol. The van der Waals surface area contributed by atoms with Gasteiger partial charge in [-0.2, -0.15) is 0 Å². The Hall–Kier alpha value is -1.86. The van der Waals surface area contributed by atoms with Gasteiger partial charge in [-0.05, 0) is 25.3 Å². The summed E-state index contributed by atoms with van der Waals surface area (Å²) in [5, 5.41) is 7.38. The average molecular weight is 323 g/mol. The zero-order valence-electron chi connectivity index (χ0n) is 13.0. The van der Waals surface area contributed by atoms with Crippen molar-refractivity contribution >= 4 is 23.3 Å². The lowest BCUT2D eigenvalue weighted by Gasteiger charge is -2.30. The van der Waals surface area contributed by atoms with E-state index in [2.05, 4.69) is 10.6 Å². The van der Waals surface area contributed by atoms with Crippen LogP contribution in [0.3, 0.4) is 0 Å². The third-order valence-corrected chi connectivity index (χ3v) is 4.36. The summed E-state index contributed by atoms with van der Waals surface area (Å²) in [7, 11) is 1.61. The molecule has 22 heavy (non-hydrogen) atoms. The van der Waals surface area contributed by atoms with Crippen LogP contribution in [0.4, 0.5) is 4.79 Å². The molecule has 0 saturated carbocycles. The molecule has 0 spiro atoms. The molecule has 1 aliphatic rings. The average Bonchev–Trinajstić information content (AvgIpc) is 2.95. The maximum atomic E-state index is 12.9. The summed E-state index contributed by atoms with van der Waals surface area (Å²) < 4.78 is 5.11. The first-order valence-corrected chi connectivity index (χ1v) is 7.99. The highest BCUT2D eigenvalue weighted by Gasteiger charge is 2.29. The van der Waals surface area contributed by atoms with Gasteiger partial charge >= 0.3 is 6.03 Å². The van der Waals surface area contributed by atoms with Crippen molar-refractivity contribution in [3.8, 4) is 0 Å². The highest BCUT2D eigenvalue weighted by atomic mass is 32.1. The minimum atomic E-state index is -0.311. The fourth-order valence-electron chi connectivity index (χ4n) is 2.43. The van der Waals surface area contributed by atoms with Crippen LogP contribution in [0, 0.1) is 0 Å². The van der Waals surface area contributed by atoms with Gasteiger partial charge in [-0.15, -0.1) is 11.3 Å². The SMILES string of the molecule is COCCN(Cc1cccs1)C(=O)C1=C(C)NC(=O)NC1C. The molecule has 0 saturated heterocycles. The number of nitrogens with zero attached hydrogens (tertiary/aromatic N) is 1. The number of nitrogens with one attached hydrogen (secondary N) is 2. The predicted molar refractivity (Wildman–Crippen MR) is 85.4 cm³/mol. The van der Waals surface area contributed by atoms with Crippen molar-refractivity contribution < 1.29 is 14.3 Å². The summed E-state index contributed by atoms with van der Waals surface area (Å²) in [6.07, 6.45) is 0. The summed E-state index contributed by atoms with van der Waals surface area (Å²) in [5.41, 5.74) is 1.20. The van der Waals surface area contributed by atoms with Crippen molar-refractivity contribution in [2.24, 2.45) is 0 Å². The van der Waals surface area contributed by atoms with Gasteiger partial charge in [0.15, 0.2) is 0 Å². The predicted octanol–water partition coefficient (Wildman–Crippen LogP) is 1.70. The summed E-state index contributed by atoms with van der Waals surface area (Å²) in [6, 6.07) is 3.38. The van der Waals surface area contributed by atoms with Gasteiger partial charge in [-0.25, -0.2) is 4.79 Å². The number of urea groups is 1. The summed E-state index contributed by atoms with van der Waals surface area (Å²) in [4.78, 5) is 27.2. The third kappa shape index (κ3) is 3.86. The highest BCUT2D eigenvalue weighted by molar-refractivity contribution is 7.09. The van der Waals surface area contributed by atoms with Crippen molar-refractivity contribution in [1.29, 1.82) is 0 Å². The first kappa shape index (κ1) is 16.5. The van der Waals surface area contributed by atoms with Crippen molar-refractivity contribution in [2.45, 2.75) is 26.4 Å². The molecule has 7 heteroatoms. The lowest BCUT2D eigenvalue weighted by Crippen LogP contribution is -2.50. The molecule has 0 aromatic carbocycles. The quantitative estimate of drug-likeness (QED) is 0.837. The van der Waals surface area contributed by atoms with Gasteiger partial charge in [0.2, 0.25) is 0 Å². The first-order chi connectivity index (χ1) is 10.5. The minimum Gasteiger partial charge on any atom is -0.383 e. The second-order valence-corrected chi connectivity index (χ2v) is 6.19. The van der Waals surface area contributed by atoms with Gasteiger partial charge in [0.1, 0.15) is 0 Å². The molecule has 1 aliphatic heterocycles. The lowest BCUT2D eigenvalue weighted by atomic mass is 10.0. The number of ether oxygens (including phenoxy) is 1. The highest BCUT2D eigenvalue weighted by Crippen LogP contribution is 2.18. The molecule has 6 nitrogen and oxygen atoms in total. The van der Waals surface area contributed by atoms with Gasteiger partial charge in [-0.3, -0.25) is 4.79 Å². The van der Waals surface area contributed by atoms with E-state index in [9.17, 15) is 9.59 Å². The topological polar surface area (TPSA) is 70.7 Å². The zero-order chi connectivity index (χ0) is 16.1. The Labute approximate surface area is 134 Å². The van der Waals surface area contributed by atoms with Crippen LogP contribution in [0.25, 0.3) is 0 Å². The molecule has 2 heterocycles. The van der Waals surface area contributed by atoms with E-state index in [1.807, 2.05) is 24.4 Å². The molecule has 0 aliphatic carbocycles. The van der Waals surface area contributed by atoms with Crippen LogP contribution in [0.2, 0.25) is 0 Å². The third-order valence-electron chi connectivity index (χ3n) is 3.50. The molecule has 1 aromatic rings. The van der Waals surface area contributed by atoms with E-state index < -0.39 is 0 Å². The molecular formula is C15H21N3O3S. The number of hydrogen-bond donors (Lipinski definition) is 2. The van der Waals surface area contributed by atoms with Crippen molar-refractivity contribution in [3.05, 3.63) is 33.7 Å². The second-order valence-electron chi connectivity index (χ2n) is 5.16. The van der Waals surface area contributed by atoms with Crippen molar-refractivity contribution in [1.82, 2.24) is 15.5 Å². The summed E-state index contributed by atoms with van der Waals surface area (Å²) in [6.45, 7) is 5.08. The Morgan fingerprint density at radius 3 is 2.86 bits per heavy atom. The molecule has 120 valence electrons. The minimum absolute atomic E-state index is 0.0806. The molecule has 0 radical (unpaired) electrons. The fourth-order valence-corrected chi connectivity index (χ4v) is 3.15. The number of thiophene rings is 1. The number of carbonyl (C=O) groups excluding carboxylic acids is 2. The van der Waals surface area contributed by atoms with E-state index in [1.165, 1.54) is 0 Å². The van der Waals surface area contributed by atoms with Gasteiger partial charge in [0, 0.05) is 24.2 Å². The number of hydrogen-bond acceptors (Lipinski definition) is 4. The van der Waals surface area contributed by atoms with Gasteiger partial charge in [0.25, 0.3) is 5.91 Å². The second kappa shape index (κ2) is 7.42. The molecule has 1 unspecified atom stereocenters. The van der Waals surface area contributed by atoms with Gasteiger partial charge in [-0.1, -0.05) is 6.07 Å². The number of rotatable bonds is 6. The Bertz CT molecular complexity index is 569. The number of amides is 3. The molecule has 0 bridgehead atoms. The number of allylic oxidation sites excluding steroid dienone is 1. The van der Waals surface area contributed by atoms with E-state index in [1.54, 1.807) is 30.3 Å². The van der Waals surface area contributed by atoms with Crippen LogP contribution in [0.15, 0.2) is 28.8 Å². The summed E-state index contributed by atoms with van der Waals surface area (Å²) in [5.74, 6) is -0.0806. The first-order valence-electron chi connectivity index (χ1n) is 7.11. The van der Waals surface area contributed by atoms with Crippen LogP contribution in [0.5, 0.6) is 0 Å². The molecule has 1 aromatic heterocycles. The maximum absolute atomic E-state index is 12.9. The van der Waals surface area contributed by atoms with E-state index in [0.717, 1.165) is 4.88 Å². The molecule has 1 atom stereocenters. The van der Waals surface area contributed by atoms with Crippen LogP contribution >= 0.6 is 11.3 Å². The van der Waals surface area contributed by atoms with E-state index in [-0.39, 0.29) is 18.0 Å². The number of carbonyl (C=O) groups is 2. The van der Waals surface area contributed by atoms with Crippen LogP contribution in [0.1, 0.15) is 18.7 Å². The normalized spacial score (nSPS) is 18.0. The Morgan fingerprint density at radius 1 is 1.50 bits per heavy atom. The van der Waals surface area contributed by atoms with Gasteiger partial charge < -0.3 is 20.3 Å². The molecule has 3 amide bonds. The lowest BCUT2D eigenvalue weighted by molar-refractivity contribution is -0.128. The maximum Gasteiger partial charge on any atom is 0.319 e. The van der Waals surface area contributed by atoms with Crippen LogP contribution in [-0.4, -0.2) is 43.1 Å². The molecule has 2 N–H and O–H groups in total. The zero-order valence-corrected chi connectivity index (χ0v) is 13.8. The van der Waals surface area contributed by atoms with Crippen LogP contribution < -0.4 is 10.6 Å². The van der Waals surface area contributed by atoms with Crippen molar-refractivity contribution in [3.63, 3.8) is 0 Å². The summed E-state index contributed by atoms with van der Waals surface area (Å²) >= 11 is 1.61. The molecular weight excluding hydrogens is 302 g/mol. The standard InChI is InChI=1S/C15H21N3O3S/c1-10-13(11(2)17-15(20)16-10)14(19)18(6-7-21-3)9-12-5-4-8-22-12/h4-5,8,10H,6-7,9H2,1-3H3,(H2,16,17,20). The largest absolute Gasteiger partial charge is 0.383 e. The fraction of sp³-hybridized carbons (Fsp3) is 0.467. The van der Waals surface area contributed by atoms with E-state index in [4.69, 9.17) is 4.74 Å². The molecule has 2 rings (SSSR count). The van der Waals surface area contributed by atoms with Gasteiger partial charge in [0.05, 0.1) is 24.8 Å². The van der Waals surface area contributed by atoms with Crippen LogP contribution in [-0.2, 0) is 16.1 Å².